The van der Waals surface area contributed by atoms with Crippen LogP contribution in [-0.2, 0) is 11.3 Å². The number of nitrogens with one attached hydrogen (secondary N) is 1. The number of amides is 1. The van der Waals surface area contributed by atoms with Crippen molar-refractivity contribution in [2.75, 3.05) is 0 Å². The van der Waals surface area contributed by atoms with Gasteiger partial charge in [0.25, 0.3) is 0 Å². The van der Waals surface area contributed by atoms with Crippen LogP contribution < -0.4 is 15.8 Å². The van der Waals surface area contributed by atoms with E-state index in [0.717, 1.165) is 22.6 Å². The van der Waals surface area contributed by atoms with Crippen LogP contribution in [0.4, 0.5) is 0 Å². The van der Waals surface area contributed by atoms with Crippen LogP contribution in [0.2, 0.25) is 0 Å². The second kappa shape index (κ2) is 9.96. The maximum Gasteiger partial charge on any atom is 0.220 e. The van der Waals surface area contributed by atoms with Crippen LogP contribution in [-0.4, -0.2) is 11.9 Å². The highest BCUT2D eigenvalue weighted by Gasteiger charge is 2.07. The molecule has 3 N–H and O–H groups in total. The van der Waals surface area contributed by atoms with Crippen LogP contribution in [0, 0.1) is 6.92 Å². The first kappa shape index (κ1) is 20.0. The zero-order chi connectivity index (χ0) is 16.7. The largest absolute Gasteiger partial charge is 0.457 e. The molecule has 0 aromatic heterocycles. The summed E-state index contributed by atoms with van der Waals surface area (Å²) < 4.78 is 5.95. The number of benzene rings is 2. The Morgan fingerprint density at radius 3 is 2.67 bits per heavy atom. The Morgan fingerprint density at radius 2 is 1.96 bits per heavy atom. The Kier molecular flexibility index (Phi) is 8.30. The molecular formula is C19H25ClN2O2. The van der Waals surface area contributed by atoms with E-state index in [4.69, 9.17) is 10.5 Å². The molecule has 0 radical (unpaired) electrons. The Labute approximate surface area is 149 Å². The highest BCUT2D eigenvalue weighted by Crippen LogP contribution is 2.25. The molecule has 4 nitrogen and oxygen atoms in total. The van der Waals surface area contributed by atoms with E-state index in [9.17, 15) is 4.79 Å². The van der Waals surface area contributed by atoms with Gasteiger partial charge in [0.1, 0.15) is 11.5 Å². The molecule has 0 aliphatic rings. The number of para-hydroxylation sites is 1. The summed E-state index contributed by atoms with van der Waals surface area (Å²) in [6.07, 6.45) is 1.13. The van der Waals surface area contributed by atoms with Crippen molar-refractivity contribution in [2.45, 2.75) is 39.3 Å². The predicted octanol–water partition coefficient (Wildman–Crippen LogP) is 3.95. The molecule has 0 bridgehead atoms. The summed E-state index contributed by atoms with van der Waals surface area (Å²) in [4.78, 5) is 11.8. The van der Waals surface area contributed by atoms with Gasteiger partial charge in [0, 0.05) is 24.6 Å². The highest BCUT2D eigenvalue weighted by atomic mass is 35.5. The molecule has 0 saturated heterocycles. The molecule has 0 heterocycles. The summed E-state index contributed by atoms with van der Waals surface area (Å²) in [7, 11) is 0. The number of aryl methyl sites for hydroxylation is 1. The Hall–Kier alpha value is -2.04. The summed E-state index contributed by atoms with van der Waals surface area (Å²) in [5, 5.41) is 2.92. The van der Waals surface area contributed by atoms with Crippen molar-refractivity contribution < 1.29 is 9.53 Å². The second-order valence-electron chi connectivity index (χ2n) is 5.82. The molecule has 0 saturated carbocycles. The third-order valence-electron chi connectivity index (χ3n) is 3.49. The second-order valence-corrected chi connectivity index (χ2v) is 5.82. The van der Waals surface area contributed by atoms with Crippen molar-refractivity contribution in [3.8, 4) is 11.5 Å². The third kappa shape index (κ3) is 6.60. The SMILES string of the molecule is Cc1cccc(Oc2ccccc2CNC(=O)CCC(C)N)c1.Cl. The molecule has 1 amide bonds. The Bertz CT molecular complexity index is 659. The van der Waals surface area contributed by atoms with Crippen molar-refractivity contribution in [3.05, 3.63) is 59.7 Å². The van der Waals surface area contributed by atoms with Crippen LogP contribution in [0.15, 0.2) is 48.5 Å². The van der Waals surface area contributed by atoms with Crippen molar-refractivity contribution in [3.63, 3.8) is 0 Å². The fraction of sp³-hybridized carbons (Fsp3) is 0.316. The minimum Gasteiger partial charge on any atom is -0.457 e. The number of carbonyl (C=O) groups is 1. The molecule has 0 aliphatic carbocycles. The number of hydrogen-bond donors (Lipinski definition) is 2. The summed E-state index contributed by atoms with van der Waals surface area (Å²) in [6.45, 7) is 4.37. The van der Waals surface area contributed by atoms with E-state index in [1.165, 1.54) is 0 Å². The van der Waals surface area contributed by atoms with E-state index in [-0.39, 0.29) is 24.4 Å². The first-order valence-corrected chi connectivity index (χ1v) is 7.89. The lowest BCUT2D eigenvalue weighted by molar-refractivity contribution is -0.121. The monoisotopic (exact) mass is 348 g/mol. The molecule has 2 aromatic carbocycles. The molecule has 2 aromatic rings. The average molecular weight is 349 g/mol. The fourth-order valence-electron chi connectivity index (χ4n) is 2.20. The van der Waals surface area contributed by atoms with Gasteiger partial charge in [-0.3, -0.25) is 4.79 Å². The van der Waals surface area contributed by atoms with Crippen LogP contribution in [0.1, 0.15) is 30.9 Å². The van der Waals surface area contributed by atoms with Gasteiger partial charge in [0.15, 0.2) is 0 Å². The smallest absolute Gasteiger partial charge is 0.220 e. The van der Waals surface area contributed by atoms with Gasteiger partial charge in [0.05, 0.1) is 0 Å². The first-order valence-electron chi connectivity index (χ1n) is 7.89. The van der Waals surface area contributed by atoms with Gasteiger partial charge < -0.3 is 15.8 Å². The van der Waals surface area contributed by atoms with Gasteiger partial charge in [-0.25, -0.2) is 0 Å². The highest BCUT2D eigenvalue weighted by molar-refractivity contribution is 5.85. The normalized spacial score (nSPS) is 11.3. The van der Waals surface area contributed by atoms with Gasteiger partial charge in [-0.2, -0.15) is 0 Å². The standard InChI is InChI=1S/C19H24N2O2.ClH/c1-14-6-5-8-17(12-14)23-18-9-4-3-7-16(18)13-21-19(22)11-10-15(2)20;/h3-9,12,15H,10-11,13,20H2,1-2H3,(H,21,22);1H. The lowest BCUT2D eigenvalue weighted by Crippen LogP contribution is -2.25. The topological polar surface area (TPSA) is 64.3 Å². The number of hydrogen-bond acceptors (Lipinski definition) is 3. The number of rotatable bonds is 7. The summed E-state index contributed by atoms with van der Waals surface area (Å²) in [5.74, 6) is 1.55. The van der Waals surface area contributed by atoms with E-state index in [1.54, 1.807) is 0 Å². The lowest BCUT2D eigenvalue weighted by atomic mass is 10.1. The molecule has 0 fully saturated rings. The Balaban J connectivity index is 0.00000288. The quantitative estimate of drug-likeness (QED) is 0.796. The molecule has 1 atom stereocenters. The van der Waals surface area contributed by atoms with Crippen LogP contribution in [0.3, 0.4) is 0 Å². The van der Waals surface area contributed by atoms with E-state index in [2.05, 4.69) is 5.32 Å². The summed E-state index contributed by atoms with van der Waals surface area (Å²) in [5.41, 5.74) is 7.76. The molecule has 2 rings (SSSR count). The molecule has 130 valence electrons. The van der Waals surface area contributed by atoms with Crippen LogP contribution >= 0.6 is 12.4 Å². The van der Waals surface area contributed by atoms with Gasteiger partial charge in [-0.05, 0) is 44.0 Å². The maximum atomic E-state index is 11.8. The fourth-order valence-corrected chi connectivity index (χ4v) is 2.20. The van der Waals surface area contributed by atoms with Crippen molar-refractivity contribution in [1.29, 1.82) is 0 Å². The van der Waals surface area contributed by atoms with E-state index in [0.29, 0.717) is 19.4 Å². The molecule has 0 aliphatic heterocycles. The van der Waals surface area contributed by atoms with Crippen molar-refractivity contribution in [1.82, 2.24) is 5.32 Å². The van der Waals surface area contributed by atoms with Gasteiger partial charge in [0.2, 0.25) is 5.91 Å². The number of carbonyl (C=O) groups excluding carboxylic acids is 1. The number of ether oxygens (including phenoxy) is 1. The third-order valence-corrected chi connectivity index (χ3v) is 3.49. The molecule has 1 unspecified atom stereocenters. The first-order chi connectivity index (χ1) is 11.0. The predicted molar refractivity (Wildman–Crippen MR) is 99.7 cm³/mol. The molecular weight excluding hydrogens is 324 g/mol. The zero-order valence-corrected chi connectivity index (χ0v) is 14.9. The van der Waals surface area contributed by atoms with Gasteiger partial charge >= 0.3 is 0 Å². The van der Waals surface area contributed by atoms with Crippen molar-refractivity contribution >= 4 is 18.3 Å². The summed E-state index contributed by atoms with van der Waals surface area (Å²) >= 11 is 0. The minimum atomic E-state index is 0. The number of halogens is 1. The average Bonchev–Trinajstić information content (AvgIpc) is 2.52. The van der Waals surface area contributed by atoms with Crippen molar-refractivity contribution in [2.24, 2.45) is 5.73 Å². The molecule has 0 spiro atoms. The molecule has 5 heteroatoms. The minimum absolute atomic E-state index is 0. The lowest BCUT2D eigenvalue weighted by Gasteiger charge is -2.12. The Morgan fingerprint density at radius 1 is 1.21 bits per heavy atom. The van der Waals surface area contributed by atoms with Gasteiger partial charge in [-0.1, -0.05) is 30.3 Å². The van der Waals surface area contributed by atoms with E-state index >= 15 is 0 Å². The molecule has 24 heavy (non-hydrogen) atoms. The van der Waals surface area contributed by atoms with Gasteiger partial charge in [-0.15, -0.1) is 12.4 Å². The maximum absolute atomic E-state index is 11.8. The summed E-state index contributed by atoms with van der Waals surface area (Å²) in [6, 6.07) is 15.7. The van der Waals surface area contributed by atoms with Crippen LogP contribution in [0.5, 0.6) is 11.5 Å². The zero-order valence-electron chi connectivity index (χ0n) is 14.1. The number of nitrogens with two attached hydrogens (primary N) is 1. The van der Waals surface area contributed by atoms with E-state index in [1.807, 2.05) is 62.4 Å². The van der Waals surface area contributed by atoms with Crippen LogP contribution in [0.25, 0.3) is 0 Å². The van der Waals surface area contributed by atoms with E-state index < -0.39 is 0 Å².